The third kappa shape index (κ3) is 1.72. The van der Waals surface area contributed by atoms with Gasteiger partial charge in [0, 0.05) is 0 Å². The summed E-state index contributed by atoms with van der Waals surface area (Å²) in [6, 6.07) is 5.28. The Hall–Kier alpha value is -2.50. The lowest BCUT2D eigenvalue weighted by molar-refractivity contribution is -0.114. The maximum Gasteiger partial charge on any atom is 0.299 e. The van der Waals surface area contributed by atoms with Gasteiger partial charge >= 0.3 is 0 Å². The lowest BCUT2D eigenvalue weighted by Crippen LogP contribution is -2.29. The summed E-state index contributed by atoms with van der Waals surface area (Å²) in [5, 5.41) is 3.67. The summed E-state index contributed by atoms with van der Waals surface area (Å²) in [6.07, 6.45) is 0. The van der Waals surface area contributed by atoms with Crippen LogP contribution in [0.1, 0.15) is 27.6 Å². The van der Waals surface area contributed by atoms with Gasteiger partial charge in [-0.3, -0.25) is 14.5 Å². The van der Waals surface area contributed by atoms with Crippen molar-refractivity contribution < 1.29 is 14.1 Å². The largest absolute Gasteiger partial charge is 0.337 e. The van der Waals surface area contributed by atoms with Gasteiger partial charge in [-0.25, -0.2) is 0 Å². The van der Waals surface area contributed by atoms with Gasteiger partial charge in [-0.1, -0.05) is 17.3 Å². The van der Waals surface area contributed by atoms with Crippen molar-refractivity contribution in [3.63, 3.8) is 0 Å². The lowest BCUT2D eigenvalue weighted by atomic mass is 10.1. The zero-order valence-electron chi connectivity index (χ0n) is 10.5. The summed E-state index contributed by atoms with van der Waals surface area (Å²) in [6.45, 7) is 3.67. The summed E-state index contributed by atoms with van der Waals surface area (Å²) in [4.78, 5) is 29.4. The zero-order valence-corrected chi connectivity index (χ0v) is 10.5. The van der Waals surface area contributed by atoms with E-state index in [0.717, 1.165) is 5.56 Å². The predicted molar refractivity (Wildman–Crippen MR) is 65.7 cm³/mol. The van der Waals surface area contributed by atoms with Crippen molar-refractivity contribution in [2.24, 2.45) is 0 Å². The van der Waals surface area contributed by atoms with Crippen LogP contribution in [0.5, 0.6) is 0 Å². The maximum absolute atomic E-state index is 12.0. The summed E-state index contributed by atoms with van der Waals surface area (Å²) in [5.41, 5.74) is 1.93. The molecule has 2 heterocycles. The van der Waals surface area contributed by atoms with Gasteiger partial charge in [0.15, 0.2) is 5.82 Å². The van der Waals surface area contributed by atoms with Crippen molar-refractivity contribution in [1.82, 2.24) is 10.1 Å². The minimum atomic E-state index is -0.555. The molecule has 0 N–H and O–H groups in total. The predicted octanol–water partition coefficient (Wildman–Crippen LogP) is 1.42. The second kappa shape index (κ2) is 4.01. The minimum absolute atomic E-state index is 0.114. The SMILES string of the molecule is Cc1noc(CN2C(=O)C(=O)c3cccc(C)c32)n1. The number of aryl methyl sites for hydroxylation is 2. The number of fused-ring (bicyclic) bond motifs is 1. The van der Waals surface area contributed by atoms with E-state index >= 15 is 0 Å². The Morgan fingerprint density at radius 2 is 2.05 bits per heavy atom. The number of carbonyl (C=O) groups excluding carboxylic acids is 2. The van der Waals surface area contributed by atoms with Crippen LogP contribution in [0.2, 0.25) is 0 Å². The maximum atomic E-state index is 12.0. The molecule has 2 aromatic rings. The molecule has 0 aliphatic carbocycles. The second-order valence-corrected chi connectivity index (χ2v) is 4.43. The Labute approximate surface area is 109 Å². The fraction of sp³-hybridized carbons (Fsp3) is 0.231. The molecule has 3 rings (SSSR count). The molecule has 0 unspecified atom stereocenters. The van der Waals surface area contributed by atoms with Crippen LogP contribution < -0.4 is 4.90 Å². The number of ketones is 1. The summed E-state index contributed by atoms with van der Waals surface area (Å²) < 4.78 is 5.00. The molecule has 0 bridgehead atoms. The van der Waals surface area contributed by atoms with E-state index in [1.165, 1.54) is 4.90 Å². The van der Waals surface area contributed by atoms with Gasteiger partial charge in [0.1, 0.15) is 6.54 Å². The Morgan fingerprint density at radius 1 is 1.26 bits per heavy atom. The van der Waals surface area contributed by atoms with Crippen LogP contribution in [0.15, 0.2) is 22.7 Å². The molecule has 96 valence electrons. The average Bonchev–Trinajstić information content (AvgIpc) is 2.89. The fourth-order valence-electron chi connectivity index (χ4n) is 2.23. The highest BCUT2D eigenvalue weighted by molar-refractivity contribution is 6.52. The van der Waals surface area contributed by atoms with Crippen LogP contribution in [0.3, 0.4) is 0 Å². The van der Waals surface area contributed by atoms with E-state index in [1.807, 2.05) is 13.0 Å². The molecule has 6 heteroatoms. The summed E-state index contributed by atoms with van der Waals surface area (Å²) >= 11 is 0. The van der Waals surface area contributed by atoms with E-state index in [2.05, 4.69) is 10.1 Å². The normalized spacial score (nSPS) is 14.1. The second-order valence-electron chi connectivity index (χ2n) is 4.43. The molecule has 0 fully saturated rings. The number of hydrogen-bond acceptors (Lipinski definition) is 5. The number of aromatic nitrogens is 2. The van der Waals surface area contributed by atoms with E-state index in [1.54, 1.807) is 19.1 Å². The molecule has 0 atom stereocenters. The number of Topliss-reactive ketones (excluding diaryl/α,β-unsaturated/α-hetero) is 1. The third-order valence-electron chi connectivity index (χ3n) is 3.05. The average molecular weight is 257 g/mol. The molecule has 19 heavy (non-hydrogen) atoms. The quantitative estimate of drug-likeness (QED) is 0.760. The van der Waals surface area contributed by atoms with E-state index < -0.39 is 11.7 Å². The van der Waals surface area contributed by atoms with Gasteiger partial charge in [0.05, 0.1) is 11.3 Å². The Kier molecular flexibility index (Phi) is 2.45. The summed E-state index contributed by atoms with van der Waals surface area (Å²) in [7, 11) is 0. The highest BCUT2D eigenvalue weighted by Gasteiger charge is 2.37. The van der Waals surface area contributed by atoms with Crippen LogP contribution in [0.25, 0.3) is 0 Å². The molecule has 1 aromatic heterocycles. The molecule has 1 aromatic carbocycles. The highest BCUT2D eigenvalue weighted by atomic mass is 16.5. The number of rotatable bonds is 2. The van der Waals surface area contributed by atoms with Crippen molar-refractivity contribution in [3.05, 3.63) is 41.0 Å². The van der Waals surface area contributed by atoms with Gasteiger partial charge in [-0.15, -0.1) is 0 Å². The summed E-state index contributed by atoms with van der Waals surface area (Å²) in [5.74, 6) is -0.233. The van der Waals surface area contributed by atoms with Gasteiger partial charge in [-0.2, -0.15) is 4.98 Å². The Morgan fingerprint density at radius 3 is 2.74 bits per heavy atom. The van der Waals surface area contributed by atoms with Crippen LogP contribution >= 0.6 is 0 Å². The standard InChI is InChI=1S/C13H11N3O3/c1-7-4-3-5-9-11(7)16(13(18)12(9)17)6-10-14-8(2)15-19-10/h3-5H,6H2,1-2H3. The molecular weight excluding hydrogens is 246 g/mol. The smallest absolute Gasteiger partial charge is 0.299 e. The molecule has 6 nitrogen and oxygen atoms in total. The molecule has 0 saturated heterocycles. The van der Waals surface area contributed by atoms with Crippen molar-refractivity contribution >= 4 is 17.4 Å². The first-order chi connectivity index (χ1) is 9.08. The van der Waals surface area contributed by atoms with Crippen LogP contribution in [0, 0.1) is 13.8 Å². The number of benzene rings is 1. The van der Waals surface area contributed by atoms with Crippen LogP contribution in [0.4, 0.5) is 5.69 Å². The topological polar surface area (TPSA) is 76.3 Å². The molecule has 0 radical (unpaired) electrons. The number of anilines is 1. The molecular formula is C13H11N3O3. The van der Waals surface area contributed by atoms with Gasteiger partial charge in [-0.05, 0) is 25.5 Å². The fourth-order valence-corrected chi connectivity index (χ4v) is 2.23. The molecule has 0 spiro atoms. The number of para-hydroxylation sites is 1. The first-order valence-electron chi connectivity index (χ1n) is 5.83. The van der Waals surface area contributed by atoms with Gasteiger partial charge in [0.25, 0.3) is 11.7 Å². The molecule has 1 aliphatic heterocycles. The van der Waals surface area contributed by atoms with Crippen molar-refractivity contribution in [1.29, 1.82) is 0 Å². The minimum Gasteiger partial charge on any atom is -0.337 e. The van der Waals surface area contributed by atoms with Crippen molar-refractivity contribution in [2.45, 2.75) is 20.4 Å². The zero-order chi connectivity index (χ0) is 13.6. The van der Waals surface area contributed by atoms with Gasteiger partial charge in [0.2, 0.25) is 5.89 Å². The van der Waals surface area contributed by atoms with Crippen molar-refractivity contribution in [3.8, 4) is 0 Å². The third-order valence-corrected chi connectivity index (χ3v) is 3.05. The van der Waals surface area contributed by atoms with Crippen LogP contribution in [-0.2, 0) is 11.3 Å². The monoisotopic (exact) mass is 257 g/mol. The van der Waals surface area contributed by atoms with E-state index in [9.17, 15) is 9.59 Å². The van der Waals surface area contributed by atoms with Crippen molar-refractivity contribution in [2.75, 3.05) is 4.90 Å². The lowest BCUT2D eigenvalue weighted by Gasteiger charge is -2.15. The first kappa shape index (κ1) is 11.6. The number of hydrogen-bond donors (Lipinski definition) is 0. The van der Waals surface area contributed by atoms with E-state index in [-0.39, 0.29) is 6.54 Å². The highest BCUT2D eigenvalue weighted by Crippen LogP contribution is 2.33. The Bertz CT molecular complexity index is 690. The number of nitrogens with zero attached hydrogens (tertiary/aromatic N) is 3. The first-order valence-corrected chi connectivity index (χ1v) is 5.83. The molecule has 0 saturated carbocycles. The van der Waals surface area contributed by atoms with Crippen LogP contribution in [-0.4, -0.2) is 21.8 Å². The van der Waals surface area contributed by atoms with E-state index in [4.69, 9.17) is 4.52 Å². The number of carbonyl (C=O) groups is 2. The van der Waals surface area contributed by atoms with E-state index in [0.29, 0.717) is 23.0 Å². The molecule has 1 amide bonds. The van der Waals surface area contributed by atoms with Gasteiger partial charge < -0.3 is 4.52 Å². The molecule has 1 aliphatic rings. The Balaban J connectivity index is 2.04. The number of amides is 1.